The molecule has 4 aliphatic rings. The smallest absolute Gasteiger partial charge is 0.265 e. The summed E-state index contributed by atoms with van der Waals surface area (Å²) in [5.41, 5.74) is 1.95. The first-order valence-corrected chi connectivity index (χ1v) is 13.2. The number of likely N-dealkylation sites (tertiary alicyclic amines) is 1. The lowest BCUT2D eigenvalue weighted by Gasteiger charge is -2.39. The first-order chi connectivity index (χ1) is 17.5. The fourth-order valence-electron chi connectivity index (χ4n) is 5.63. The van der Waals surface area contributed by atoms with E-state index in [1.807, 2.05) is 12.1 Å². The number of benzene rings is 1. The number of thioether (sulfide) groups is 1. The third kappa shape index (κ3) is 5.59. The molecule has 1 saturated heterocycles. The fraction of sp³-hybridized carbons (Fsp3) is 0.480. The van der Waals surface area contributed by atoms with Crippen LogP contribution >= 0.6 is 36.6 Å². The number of halogens is 3. The van der Waals surface area contributed by atoms with Crippen molar-refractivity contribution in [1.82, 2.24) is 15.2 Å². The van der Waals surface area contributed by atoms with Gasteiger partial charge in [0.25, 0.3) is 5.91 Å². The summed E-state index contributed by atoms with van der Waals surface area (Å²) < 4.78 is 20.5. The zero-order chi connectivity index (χ0) is 24.8. The van der Waals surface area contributed by atoms with Crippen molar-refractivity contribution in [2.24, 2.45) is 5.92 Å². The zero-order valence-electron chi connectivity index (χ0n) is 20.5. The van der Waals surface area contributed by atoms with Gasteiger partial charge in [0.1, 0.15) is 17.4 Å². The molecule has 13 heteroatoms. The molecule has 0 saturated carbocycles. The van der Waals surface area contributed by atoms with Gasteiger partial charge in [-0.25, -0.2) is 9.37 Å². The van der Waals surface area contributed by atoms with Crippen LogP contribution in [-0.4, -0.2) is 78.0 Å². The highest BCUT2D eigenvalue weighted by Gasteiger charge is 2.39. The molecule has 4 aliphatic heterocycles. The molecule has 9 nitrogen and oxygen atoms in total. The van der Waals surface area contributed by atoms with E-state index >= 15 is 0 Å². The molecule has 0 bridgehead atoms. The van der Waals surface area contributed by atoms with Gasteiger partial charge in [-0.1, -0.05) is 0 Å². The number of amides is 2. The zero-order valence-corrected chi connectivity index (χ0v) is 23.0. The van der Waals surface area contributed by atoms with E-state index in [0.29, 0.717) is 74.3 Å². The van der Waals surface area contributed by atoms with Crippen molar-refractivity contribution in [3.63, 3.8) is 0 Å². The van der Waals surface area contributed by atoms with Crippen molar-refractivity contribution in [3.8, 4) is 5.75 Å². The number of carbonyl (C=O) groups is 2. The molecule has 206 valence electrons. The SMILES string of the molecule is Cl.Cl.O=C1CSc2ccc(CNC[C@H]3CN(CC4CCN5C(=O)COc6ccc(F)c4c65)C[C@H]3O)nc2N1. The van der Waals surface area contributed by atoms with Gasteiger partial charge in [-0.15, -0.1) is 36.6 Å². The van der Waals surface area contributed by atoms with E-state index in [0.717, 1.165) is 10.6 Å². The van der Waals surface area contributed by atoms with E-state index < -0.39 is 6.10 Å². The highest BCUT2D eigenvalue weighted by Crippen LogP contribution is 2.45. The number of aliphatic hydroxyl groups excluding tert-OH is 1. The Hall–Kier alpha value is -2.15. The second-order valence-electron chi connectivity index (χ2n) is 9.79. The highest BCUT2D eigenvalue weighted by atomic mass is 35.5. The van der Waals surface area contributed by atoms with Crippen molar-refractivity contribution in [1.29, 1.82) is 0 Å². The predicted molar refractivity (Wildman–Crippen MR) is 147 cm³/mol. The largest absolute Gasteiger partial charge is 0.482 e. The van der Waals surface area contributed by atoms with E-state index in [9.17, 15) is 19.1 Å². The summed E-state index contributed by atoms with van der Waals surface area (Å²) in [7, 11) is 0. The van der Waals surface area contributed by atoms with Crippen molar-refractivity contribution in [2.75, 3.05) is 55.3 Å². The Morgan fingerprint density at radius 1 is 1.21 bits per heavy atom. The second kappa shape index (κ2) is 11.9. The lowest BCUT2D eigenvalue weighted by atomic mass is 9.88. The van der Waals surface area contributed by atoms with Gasteiger partial charge in [-0.3, -0.25) is 14.5 Å². The lowest BCUT2D eigenvalue weighted by Crippen LogP contribution is -2.44. The first-order valence-electron chi connectivity index (χ1n) is 12.3. The van der Waals surface area contributed by atoms with Crippen molar-refractivity contribution in [3.05, 3.63) is 41.3 Å². The van der Waals surface area contributed by atoms with Gasteiger partial charge >= 0.3 is 0 Å². The van der Waals surface area contributed by atoms with Crippen LogP contribution in [-0.2, 0) is 16.1 Å². The van der Waals surface area contributed by atoms with Crippen LogP contribution in [0.25, 0.3) is 0 Å². The Bertz CT molecular complexity index is 1220. The minimum absolute atomic E-state index is 0. The fourth-order valence-corrected chi connectivity index (χ4v) is 6.38. The third-order valence-corrected chi connectivity index (χ3v) is 8.41. The van der Waals surface area contributed by atoms with E-state index in [-0.39, 0.29) is 60.9 Å². The first kappa shape index (κ1) is 28.8. The quantitative estimate of drug-likeness (QED) is 0.474. The van der Waals surface area contributed by atoms with Crippen LogP contribution in [0.2, 0.25) is 0 Å². The monoisotopic (exact) mass is 585 g/mol. The van der Waals surface area contributed by atoms with Crippen LogP contribution < -0.4 is 20.3 Å². The van der Waals surface area contributed by atoms with Gasteiger partial charge in [0, 0.05) is 56.7 Å². The summed E-state index contributed by atoms with van der Waals surface area (Å²) in [6, 6.07) is 6.94. The third-order valence-electron chi connectivity index (χ3n) is 7.36. The number of pyridine rings is 1. The number of carbonyl (C=O) groups excluding carboxylic acids is 2. The van der Waals surface area contributed by atoms with Gasteiger partial charge < -0.3 is 25.4 Å². The number of nitrogens with one attached hydrogen (secondary N) is 2. The number of aromatic nitrogens is 1. The summed E-state index contributed by atoms with van der Waals surface area (Å²) >= 11 is 1.48. The van der Waals surface area contributed by atoms with Crippen LogP contribution in [0.5, 0.6) is 5.75 Å². The topological polar surface area (TPSA) is 107 Å². The molecule has 38 heavy (non-hydrogen) atoms. The van der Waals surface area contributed by atoms with Crippen LogP contribution in [0.3, 0.4) is 0 Å². The summed E-state index contributed by atoms with van der Waals surface area (Å²) in [5, 5.41) is 16.9. The minimum atomic E-state index is -0.482. The van der Waals surface area contributed by atoms with Crippen molar-refractivity contribution < 1.29 is 23.8 Å². The van der Waals surface area contributed by atoms with Gasteiger partial charge in [0.15, 0.2) is 6.61 Å². The van der Waals surface area contributed by atoms with E-state index in [1.54, 1.807) is 11.0 Å². The molecule has 1 aromatic carbocycles. The maximum Gasteiger partial charge on any atom is 0.265 e. The molecule has 6 rings (SSSR count). The van der Waals surface area contributed by atoms with E-state index in [1.165, 1.54) is 17.8 Å². The number of ether oxygens (including phenoxy) is 1. The van der Waals surface area contributed by atoms with E-state index in [4.69, 9.17) is 4.74 Å². The molecular weight excluding hydrogens is 556 g/mol. The summed E-state index contributed by atoms with van der Waals surface area (Å²) in [6.07, 6.45) is 0.192. The highest BCUT2D eigenvalue weighted by molar-refractivity contribution is 8.00. The number of nitrogens with zero attached hydrogens (tertiary/aromatic N) is 3. The number of hydrogen-bond donors (Lipinski definition) is 3. The van der Waals surface area contributed by atoms with Crippen LogP contribution in [0, 0.1) is 11.7 Å². The Morgan fingerprint density at radius 2 is 2.05 bits per heavy atom. The molecule has 2 amide bonds. The number of rotatable bonds is 6. The average Bonchev–Trinajstić information content (AvgIpc) is 3.21. The standard InChI is InChI=1S/C25H28FN5O4S.2ClH/c26-17-2-3-19-24-23(17)14(5-6-31(24)22(34)12-35-19)9-30-10-15(18(32)11-30)7-27-8-16-1-4-20-25(28-16)29-21(33)13-36-20;;/h1-4,14-15,18,27,32H,5-13H2,(H,28,29,33);2*1H/t14?,15-,18+;;/m0../s1. The number of hydrogen-bond acceptors (Lipinski definition) is 8. The maximum atomic E-state index is 14.9. The summed E-state index contributed by atoms with van der Waals surface area (Å²) in [6.45, 7) is 3.53. The van der Waals surface area contributed by atoms with Gasteiger partial charge in [0.05, 0.1) is 28.1 Å². The molecular formula is C25H30Cl2FN5O4S. The molecule has 1 aromatic heterocycles. The molecule has 1 fully saturated rings. The Kier molecular flexibility index (Phi) is 9.06. The molecule has 0 spiro atoms. The second-order valence-corrected chi connectivity index (χ2v) is 10.8. The molecule has 5 heterocycles. The Balaban J connectivity index is 0.00000168. The Labute approximate surface area is 236 Å². The number of fused-ring (bicyclic) bond motifs is 1. The molecule has 3 atom stereocenters. The lowest BCUT2D eigenvalue weighted by molar-refractivity contribution is -0.121. The van der Waals surface area contributed by atoms with Crippen LogP contribution in [0.15, 0.2) is 29.2 Å². The molecule has 3 N–H and O–H groups in total. The minimum Gasteiger partial charge on any atom is -0.482 e. The van der Waals surface area contributed by atoms with E-state index in [2.05, 4.69) is 20.5 Å². The molecule has 0 aliphatic carbocycles. The number of aliphatic hydroxyl groups is 1. The average molecular weight is 587 g/mol. The molecule has 1 unspecified atom stereocenters. The van der Waals surface area contributed by atoms with Crippen molar-refractivity contribution >= 4 is 59.9 Å². The van der Waals surface area contributed by atoms with Crippen molar-refractivity contribution in [2.45, 2.75) is 29.9 Å². The van der Waals surface area contributed by atoms with Crippen LogP contribution in [0.4, 0.5) is 15.9 Å². The van der Waals surface area contributed by atoms with Gasteiger partial charge in [-0.2, -0.15) is 0 Å². The maximum absolute atomic E-state index is 14.9. The van der Waals surface area contributed by atoms with Crippen LogP contribution in [0.1, 0.15) is 23.6 Å². The molecule has 2 aromatic rings. The van der Waals surface area contributed by atoms with Gasteiger partial charge in [0.2, 0.25) is 5.91 Å². The van der Waals surface area contributed by atoms with Gasteiger partial charge in [-0.05, 0) is 30.7 Å². The number of anilines is 2. The summed E-state index contributed by atoms with van der Waals surface area (Å²) in [4.78, 5) is 33.3. The normalized spacial score (nSPS) is 23.9. The summed E-state index contributed by atoms with van der Waals surface area (Å²) in [5.74, 6) is 1.06. The number of β-amino-alcohol motifs (C(OH)–C–C–N with tert-alkyl or cyclic N) is 1. The molecule has 0 radical (unpaired) electrons. The predicted octanol–water partition coefficient (Wildman–Crippen LogP) is 2.40. The Morgan fingerprint density at radius 3 is 2.89 bits per heavy atom.